The van der Waals surface area contributed by atoms with E-state index in [-0.39, 0.29) is 0 Å². The van der Waals surface area contributed by atoms with Gasteiger partial charge in [-0.05, 0) is 25.0 Å². The third-order valence-corrected chi connectivity index (χ3v) is 3.09. The van der Waals surface area contributed by atoms with Crippen LogP contribution in [-0.2, 0) is 4.74 Å². The molecular weight excluding hydrogens is 176 g/mol. The van der Waals surface area contributed by atoms with Crippen LogP contribution in [0.5, 0.6) is 0 Å². The van der Waals surface area contributed by atoms with E-state index in [1.807, 2.05) is 6.20 Å². The number of hydrogen-bond donors (Lipinski definition) is 0. The molecule has 2 bridgehead atoms. The van der Waals surface area contributed by atoms with Gasteiger partial charge in [0.05, 0.1) is 18.8 Å². The fourth-order valence-corrected chi connectivity index (χ4v) is 2.31. The second-order valence-electron chi connectivity index (χ2n) is 4.19. The van der Waals surface area contributed by atoms with Crippen LogP contribution >= 0.6 is 0 Å². The van der Waals surface area contributed by atoms with E-state index in [2.05, 4.69) is 28.9 Å². The molecule has 14 heavy (non-hydrogen) atoms. The highest BCUT2D eigenvalue weighted by atomic mass is 16.5. The molecule has 0 N–H and O–H groups in total. The third-order valence-electron chi connectivity index (χ3n) is 3.09. The van der Waals surface area contributed by atoms with E-state index in [4.69, 9.17) is 4.74 Å². The van der Waals surface area contributed by atoms with Gasteiger partial charge < -0.3 is 9.64 Å². The van der Waals surface area contributed by atoms with Crippen LogP contribution in [0.25, 0.3) is 0 Å². The molecule has 0 aliphatic carbocycles. The number of aromatic nitrogens is 1. The highest BCUT2D eigenvalue weighted by Crippen LogP contribution is 2.31. The molecule has 74 valence electrons. The van der Waals surface area contributed by atoms with Gasteiger partial charge in [-0.25, -0.2) is 4.98 Å². The van der Waals surface area contributed by atoms with Crippen molar-refractivity contribution < 1.29 is 4.74 Å². The van der Waals surface area contributed by atoms with Crippen LogP contribution in [0.4, 0.5) is 5.82 Å². The highest BCUT2D eigenvalue weighted by molar-refractivity contribution is 5.43. The van der Waals surface area contributed by atoms with Gasteiger partial charge in [0.15, 0.2) is 0 Å². The Hall–Kier alpha value is -1.09. The number of nitrogens with zero attached hydrogens (tertiary/aromatic N) is 2. The van der Waals surface area contributed by atoms with Crippen molar-refractivity contribution in [2.24, 2.45) is 0 Å². The molecule has 2 unspecified atom stereocenters. The van der Waals surface area contributed by atoms with Crippen molar-refractivity contribution in [1.82, 2.24) is 4.98 Å². The molecule has 2 aliphatic heterocycles. The zero-order valence-electron chi connectivity index (χ0n) is 8.31. The van der Waals surface area contributed by atoms with E-state index >= 15 is 0 Å². The first-order valence-electron chi connectivity index (χ1n) is 5.14. The number of pyridine rings is 1. The number of hydrogen-bond acceptors (Lipinski definition) is 3. The molecule has 1 aromatic rings. The lowest BCUT2D eigenvalue weighted by Gasteiger charge is -2.27. The molecule has 0 amide bonds. The van der Waals surface area contributed by atoms with Crippen molar-refractivity contribution >= 4 is 5.82 Å². The smallest absolute Gasteiger partial charge is 0.128 e. The molecule has 3 rings (SSSR count). The molecule has 3 heteroatoms. The first kappa shape index (κ1) is 8.24. The minimum atomic E-state index is 0.447. The van der Waals surface area contributed by atoms with E-state index in [0.717, 1.165) is 19.0 Å². The maximum atomic E-state index is 5.56. The summed E-state index contributed by atoms with van der Waals surface area (Å²) in [7, 11) is 0. The van der Waals surface area contributed by atoms with Gasteiger partial charge in [-0.15, -0.1) is 0 Å². The van der Waals surface area contributed by atoms with E-state index in [1.54, 1.807) is 0 Å². The Labute approximate surface area is 83.7 Å². The summed E-state index contributed by atoms with van der Waals surface area (Å²) >= 11 is 0. The van der Waals surface area contributed by atoms with Gasteiger partial charge in [0.2, 0.25) is 0 Å². The van der Waals surface area contributed by atoms with Crippen LogP contribution in [-0.4, -0.2) is 30.3 Å². The molecule has 0 radical (unpaired) electrons. The topological polar surface area (TPSA) is 25.4 Å². The number of aryl methyl sites for hydroxylation is 1. The minimum absolute atomic E-state index is 0.447. The zero-order chi connectivity index (χ0) is 9.54. The summed E-state index contributed by atoms with van der Waals surface area (Å²) in [6.45, 7) is 3.96. The van der Waals surface area contributed by atoms with Crippen LogP contribution in [0.1, 0.15) is 12.0 Å². The first-order valence-corrected chi connectivity index (χ1v) is 5.14. The summed E-state index contributed by atoms with van der Waals surface area (Å²) in [6.07, 6.45) is 3.56. The molecule has 0 saturated carbocycles. The lowest BCUT2D eigenvalue weighted by Crippen LogP contribution is -2.37. The van der Waals surface area contributed by atoms with Crippen molar-refractivity contribution in [1.29, 1.82) is 0 Å². The van der Waals surface area contributed by atoms with Crippen LogP contribution in [0.2, 0.25) is 0 Å². The Kier molecular flexibility index (Phi) is 1.74. The predicted molar refractivity (Wildman–Crippen MR) is 54.5 cm³/mol. The Morgan fingerprint density at radius 2 is 2.43 bits per heavy atom. The van der Waals surface area contributed by atoms with Gasteiger partial charge in [-0.2, -0.15) is 0 Å². The Bertz CT molecular complexity index is 336. The standard InChI is InChI=1S/C11H14N2O/c1-8-2-3-11(12-5-8)13-6-10-4-9(13)7-14-10/h2-3,5,9-10H,4,6-7H2,1H3. The van der Waals surface area contributed by atoms with Crippen LogP contribution < -0.4 is 4.90 Å². The Morgan fingerprint density at radius 3 is 3.00 bits per heavy atom. The normalized spacial score (nSPS) is 29.9. The zero-order valence-corrected chi connectivity index (χ0v) is 8.31. The molecular formula is C11H14N2O. The predicted octanol–water partition coefficient (Wildman–Crippen LogP) is 1.37. The Balaban J connectivity index is 1.86. The average molecular weight is 190 g/mol. The largest absolute Gasteiger partial charge is 0.374 e. The van der Waals surface area contributed by atoms with Gasteiger partial charge >= 0.3 is 0 Å². The van der Waals surface area contributed by atoms with Gasteiger partial charge in [-0.1, -0.05) is 6.07 Å². The van der Waals surface area contributed by atoms with Crippen molar-refractivity contribution in [3.05, 3.63) is 23.9 Å². The van der Waals surface area contributed by atoms with Gasteiger partial charge in [0, 0.05) is 12.7 Å². The molecule has 1 aromatic heterocycles. The van der Waals surface area contributed by atoms with E-state index in [0.29, 0.717) is 12.1 Å². The summed E-state index contributed by atoms with van der Waals surface area (Å²) in [5, 5.41) is 0. The highest BCUT2D eigenvalue weighted by Gasteiger charge is 2.39. The van der Waals surface area contributed by atoms with Crippen molar-refractivity contribution in [2.45, 2.75) is 25.5 Å². The number of ether oxygens (including phenoxy) is 1. The fraction of sp³-hybridized carbons (Fsp3) is 0.545. The molecule has 0 spiro atoms. The molecule has 3 nitrogen and oxygen atoms in total. The second kappa shape index (κ2) is 2.95. The third kappa shape index (κ3) is 1.20. The van der Waals surface area contributed by atoms with Crippen LogP contribution in [0.3, 0.4) is 0 Å². The van der Waals surface area contributed by atoms with Crippen LogP contribution in [0, 0.1) is 6.92 Å². The molecule has 0 aromatic carbocycles. The first-order chi connectivity index (χ1) is 6.83. The number of morpholine rings is 1. The number of fused-ring (bicyclic) bond motifs is 2. The van der Waals surface area contributed by atoms with Crippen molar-refractivity contribution in [3.63, 3.8) is 0 Å². The maximum absolute atomic E-state index is 5.56. The lowest BCUT2D eigenvalue weighted by atomic mass is 10.2. The van der Waals surface area contributed by atoms with Crippen molar-refractivity contribution in [2.75, 3.05) is 18.1 Å². The molecule has 2 aliphatic rings. The Morgan fingerprint density at radius 1 is 1.50 bits per heavy atom. The van der Waals surface area contributed by atoms with E-state index in [9.17, 15) is 0 Å². The van der Waals surface area contributed by atoms with Crippen molar-refractivity contribution in [3.8, 4) is 0 Å². The molecule has 2 atom stereocenters. The molecule has 3 heterocycles. The monoisotopic (exact) mass is 190 g/mol. The lowest BCUT2D eigenvalue weighted by molar-refractivity contribution is 0.0989. The average Bonchev–Trinajstić information content (AvgIpc) is 2.80. The summed E-state index contributed by atoms with van der Waals surface area (Å²) in [6, 6.07) is 4.79. The van der Waals surface area contributed by atoms with Gasteiger partial charge in [0.1, 0.15) is 5.82 Å². The summed E-state index contributed by atoms with van der Waals surface area (Å²) in [4.78, 5) is 6.82. The molecule has 2 saturated heterocycles. The minimum Gasteiger partial charge on any atom is -0.374 e. The summed E-state index contributed by atoms with van der Waals surface area (Å²) in [5.41, 5.74) is 1.22. The summed E-state index contributed by atoms with van der Waals surface area (Å²) in [5.74, 6) is 1.10. The fourth-order valence-electron chi connectivity index (χ4n) is 2.31. The second-order valence-corrected chi connectivity index (χ2v) is 4.19. The summed E-state index contributed by atoms with van der Waals surface area (Å²) < 4.78 is 5.56. The quantitative estimate of drug-likeness (QED) is 0.668. The van der Waals surface area contributed by atoms with Gasteiger partial charge in [-0.3, -0.25) is 0 Å². The van der Waals surface area contributed by atoms with Gasteiger partial charge in [0.25, 0.3) is 0 Å². The maximum Gasteiger partial charge on any atom is 0.128 e. The SMILES string of the molecule is Cc1ccc(N2CC3CC2CO3)nc1. The molecule has 2 fully saturated rings. The van der Waals surface area contributed by atoms with E-state index in [1.165, 1.54) is 12.0 Å². The number of anilines is 1. The van der Waals surface area contributed by atoms with E-state index < -0.39 is 0 Å². The van der Waals surface area contributed by atoms with Crippen LogP contribution in [0.15, 0.2) is 18.3 Å². The number of rotatable bonds is 1.